The second-order valence-electron chi connectivity index (χ2n) is 4.84. The highest BCUT2D eigenvalue weighted by atomic mass is 19.1. The standard InChI is InChI=1S/C14H16FN3/c1-10-6-11(15)2-5-14(10)17-8-13-7-16-9-18(13)12-3-4-12/h2,5-7,9,12,17H,3-4,8H2,1H3. The molecule has 0 aliphatic heterocycles. The van der Waals surface area contributed by atoms with E-state index in [0.29, 0.717) is 6.04 Å². The Labute approximate surface area is 106 Å². The Balaban J connectivity index is 1.71. The predicted octanol–water partition coefficient (Wildman–Crippen LogP) is 3.28. The summed E-state index contributed by atoms with van der Waals surface area (Å²) in [6.07, 6.45) is 6.29. The van der Waals surface area contributed by atoms with Crippen molar-refractivity contribution in [2.24, 2.45) is 0 Å². The summed E-state index contributed by atoms with van der Waals surface area (Å²) in [5, 5.41) is 3.34. The predicted molar refractivity (Wildman–Crippen MR) is 69.0 cm³/mol. The minimum absolute atomic E-state index is 0.193. The van der Waals surface area contributed by atoms with E-state index >= 15 is 0 Å². The molecule has 0 unspecified atom stereocenters. The molecule has 0 bridgehead atoms. The van der Waals surface area contributed by atoms with Crippen LogP contribution in [-0.2, 0) is 6.54 Å². The lowest BCUT2D eigenvalue weighted by atomic mass is 10.2. The topological polar surface area (TPSA) is 29.9 Å². The number of benzene rings is 1. The summed E-state index contributed by atoms with van der Waals surface area (Å²) in [4.78, 5) is 4.20. The molecule has 2 aromatic rings. The minimum Gasteiger partial charge on any atom is -0.379 e. The molecule has 0 amide bonds. The van der Waals surface area contributed by atoms with Gasteiger partial charge in [-0.25, -0.2) is 9.37 Å². The highest BCUT2D eigenvalue weighted by Crippen LogP contribution is 2.35. The Kier molecular flexibility index (Phi) is 2.78. The third kappa shape index (κ3) is 2.23. The molecule has 1 saturated carbocycles. The molecule has 4 heteroatoms. The van der Waals surface area contributed by atoms with Gasteiger partial charge >= 0.3 is 0 Å². The Morgan fingerprint density at radius 3 is 3.00 bits per heavy atom. The molecular weight excluding hydrogens is 229 g/mol. The number of anilines is 1. The van der Waals surface area contributed by atoms with Crippen LogP contribution in [0.15, 0.2) is 30.7 Å². The average Bonchev–Trinajstić information content (AvgIpc) is 3.08. The molecule has 0 spiro atoms. The molecular formula is C14H16FN3. The van der Waals surface area contributed by atoms with Crippen LogP contribution >= 0.6 is 0 Å². The fraction of sp³-hybridized carbons (Fsp3) is 0.357. The van der Waals surface area contributed by atoms with Crippen LogP contribution in [0.5, 0.6) is 0 Å². The largest absolute Gasteiger partial charge is 0.379 e. The van der Waals surface area contributed by atoms with Crippen molar-refractivity contribution in [2.75, 3.05) is 5.32 Å². The van der Waals surface area contributed by atoms with Crippen LogP contribution < -0.4 is 5.32 Å². The van der Waals surface area contributed by atoms with E-state index in [4.69, 9.17) is 0 Å². The van der Waals surface area contributed by atoms with E-state index in [2.05, 4.69) is 14.9 Å². The summed E-state index contributed by atoms with van der Waals surface area (Å²) >= 11 is 0. The number of nitrogens with one attached hydrogen (secondary N) is 1. The zero-order valence-electron chi connectivity index (χ0n) is 10.4. The second-order valence-corrected chi connectivity index (χ2v) is 4.84. The van der Waals surface area contributed by atoms with Gasteiger partial charge in [-0.1, -0.05) is 0 Å². The Bertz CT molecular complexity index is 558. The zero-order valence-corrected chi connectivity index (χ0v) is 10.4. The van der Waals surface area contributed by atoms with Crippen molar-refractivity contribution in [2.45, 2.75) is 32.4 Å². The van der Waals surface area contributed by atoms with Crippen LogP contribution in [0.25, 0.3) is 0 Å². The molecule has 0 radical (unpaired) electrons. The van der Waals surface area contributed by atoms with Crippen molar-refractivity contribution in [1.29, 1.82) is 0 Å². The van der Waals surface area contributed by atoms with Gasteiger partial charge in [-0.3, -0.25) is 0 Å². The third-order valence-corrected chi connectivity index (χ3v) is 3.33. The van der Waals surface area contributed by atoms with E-state index in [1.54, 1.807) is 12.1 Å². The fourth-order valence-electron chi connectivity index (χ4n) is 2.16. The molecule has 1 N–H and O–H groups in total. The van der Waals surface area contributed by atoms with Gasteiger partial charge in [-0.2, -0.15) is 0 Å². The zero-order chi connectivity index (χ0) is 12.5. The van der Waals surface area contributed by atoms with E-state index in [-0.39, 0.29) is 5.82 Å². The molecule has 3 rings (SSSR count). The first kappa shape index (κ1) is 11.3. The Hall–Kier alpha value is -1.84. The average molecular weight is 245 g/mol. The lowest BCUT2D eigenvalue weighted by molar-refractivity contribution is 0.626. The molecule has 1 aromatic heterocycles. The van der Waals surface area contributed by atoms with Gasteiger partial charge in [0.05, 0.1) is 18.6 Å². The number of nitrogens with zero attached hydrogens (tertiary/aromatic N) is 2. The number of aryl methyl sites for hydroxylation is 1. The smallest absolute Gasteiger partial charge is 0.123 e. The van der Waals surface area contributed by atoms with Crippen molar-refractivity contribution in [1.82, 2.24) is 9.55 Å². The van der Waals surface area contributed by atoms with Crippen LogP contribution in [0.4, 0.5) is 10.1 Å². The van der Waals surface area contributed by atoms with E-state index < -0.39 is 0 Å². The molecule has 3 nitrogen and oxygen atoms in total. The quantitative estimate of drug-likeness (QED) is 0.895. The van der Waals surface area contributed by atoms with Crippen LogP contribution in [-0.4, -0.2) is 9.55 Å². The normalized spacial score (nSPS) is 14.8. The molecule has 18 heavy (non-hydrogen) atoms. The molecule has 1 aliphatic carbocycles. The SMILES string of the molecule is Cc1cc(F)ccc1NCc1cncn1C1CC1. The van der Waals surface area contributed by atoms with Crippen molar-refractivity contribution in [3.63, 3.8) is 0 Å². The maximum absolute atomic E-state index is 13.0. The number of aromatic nitrogens is 2. The van der Waals surface area contributed by atoms with Gasteiger partial charge in [0, 0.05) is 17.9 Å². The van der Waals surface area contributed by atoms with Crippen molar-refractivity contribution < 1.29 is 4.39 Å². The van der Waals surface area contributed by atoms with Crippen LogP contribution in [0.2, 0.25) is 0 Å². The van der Waals surface area contributed by atoms with Gasteiger partial charge in [0.15, 0.2) is 0 Å². The summed E-state index contributed by atoms with van der Waals surface area (Å²) < 4.78 is 15.2. The van der Waals surface area contributed by atoms with E-state index in [0.717, 1.165) is 17.8 Å². The molecule has 94 valence electrons. The van der Waals surface area contributed by atoms with Crippen LogP contribution in [0.1, 0.15) is 30.1 Å². The van der Waals surface area contributed by atoms with Crippen LogP contribution in [0.3, 0.4) is 0 Å². The van der Waals surface area contributed by atoms with Crippen LogP contribution in [0, 0.1) is 12.7 Å². The van der Waals surface area contributed by atoms with Crippen molar-refractivity contribution in [3.05, 3.63) is 47.8 Å². The maximum Gasteiger partial charge on any atom is 0.123 e. The van der Waals surface area contributed by atoms with E-state index in [1.807, 2.05) is 19.4 Å². The number of halogens is 1. The first-order valence-corrected chi connectivity index (χ1v) is 6.25. The second kappa shape index (κ2) is 4.44. The molecule has 0 atom stereocenters. The first-order valence-electron chi connectivity index (χ1n) is 6.25. The monoisotopic (exact) mass is 245 g/mol. The van der Waals surface area contributed by atoms with Gasteiger partial charge in [-0.15, -0.1) is 0 Å². The first-order chi connectivity index (χ1) is 8.74. The lowest BCUT2D eigenvalue weighted by Gasteiger charge is -2.11. The molecule has 1 heterocycles. The summed E-state index contributed by atoms with van der Waals surface area (Å²) in [5.41, 5.74) is 3.08. The van der Waals surface area contributed by atoms with Gasteiger partial charge < -0.3 is 9.88 Å². The number of hydrogen-bond donors (Lipinski definition) is 1. The van der Waals surface area contributed by atoms with Gasteiger partial charge in [-0.05, 0) is 43.5 Å². The van der Waals surface area contributed by atoms with E-state index in [9.17, 15) is 4.39 Å². The van der Waals surface area contributed by atoms with Crippen molar-refractivity contribution >= 4 is 5.69 Å². The fourth-order valence-corrected chi connectivity index (χ4v) is 2.16. The highest BCUT2D eigenvalue weighted by Gasteiger charge is 2.24. The molecule has 1 aromatic carbocycles. The summed E-state index contributed by atoms with van der Waals surface area (Å²) in [5.74, 6) is -0.193. The van der Waals surface area contributed by atoms with Crippen molar-refractivity contribution in [3.8, 4) is 0 Å². The molecule has 0 saturated heterocycles. The van der Waals surface area contributed by atoms with E-state index in [1.165, 1.54) is 24.6 Å². The maximum atomic E-state index is 13.0. The Morgan fingerprint density at radius 1 is 1.44 bits per heavy atom. The van der Waals surface area contributed by atoms with Gasteiger partial charge in [0.1, 0.15) is 5.82 Å². The minimum atomic E-state index is -0.193. The number of rotatable bonds is 4. The molecule has 1 fully saturated rings. The number of hydrogen-bond acceptors (Lipinski definition) is 2. The van der Waals surface area contributed by atoms with Gasteiger partial charge in [0.25, 0.3) is 0 Å². The lowest BCUT2D eigenvalue weighted by Crippen LogP contribution is -2.06. The van der Waals surface area contributed by atoms with Gasteiger partial charge in [0.2, 0.25) is 0 Å². The summed E-state index contributed by atoms with van der Waals surface area (Å²) in [7, 11) is 0. The molecule has 1 aliphatic rings. The Morgan fingerprint density at radius 2 is 2.28 bits per heavy atom. The number of imidazole rings is 1. The summed E-state index contributed by atoms with van der Waals surface area (Å²) in [6, 6.07) is 5.44. The highest BCUT2D eigenvalue weighted by molar-refractivity contribution is 5.50. The third-order valence-electron chi connectivity index (χ3n) is 3.33. The summed E-state index contributed by atoms with van der Waals surface area (Å²) in [6.45, 7) is 2.63.